The number of hydrazone groups is 1. The van der Waals surface area contributed by atoms with Gasteiger partial charge in [-0.1, -0.05) is 6.58 Å². The number of nitrogens with one attached hydrogen (secondary N) is 1. The van der Waals surface area contributed by atoms with Gasteiger partial charge in [-0.25, -0.2) is 0 Å². The molecular formula is C7H13N3O. The third-order valence-electron chi connectivity index (χ3n) is 1.49. The Morgan fingerprint density at radius 3 is 3.36 bits per heavy atom. The second kappa shape index (κ2) is 3.98. The van der Waals surface area contributed by atoms with Gasteiger partial charge in [0.1, 0.15) is 6.73 Å². The van der Waals surface area contributed by atoms with Crippen LogP contribution in [0.4, 0.5) is 0 Å². The van der Waals surface area contributed by atoms with E-state index < -0.39 is 0 Å². The van der Waals surface area contributed by atoms with Crippen molar-refractivity contribution in [2.45, 2.75) is 12.6 Å². The van der Waals surface area contributed by atoms with Gasteiger partial charge in [-0.2, -0.15) is 5.10 Å². The van der Waals surface area contributed by atoms with Crippen LogP contribution >= 0.6 is 0 Å². The third-order valence-corrected chi connectivity index (χ3v) is 1.49. The quantitative estimate of drug-likeness (QED) is 0.470. The van der Waals surface area contributed by atoms with E-state index in [0.29, 0.717) is 6.73 Å². The van der Waals surface area contributed by atoms with Crippen molar-refractivity contribution in [2.75, 3.05) is 13.8 Å². The summed E-state index contributed by atoms with van der Waals surface area (Å²) in [5, 5.41) is 8.68. The maximum absolute atomic E-state index is 5.37. The van der Waals surface area contributed by atoms with Gasteiger partial charge in [-0.05, 0) is 6.20 Å². The molecule has 0 fully saturated rings. The predicted octanol–water partition coefficient (Wildman–Crippen LogP) is 0.341. The molecule has 0 aromatic heterocycles. The summed E-state index contributed by atoms with van der Waals surface area (Å²) < 4.78 is 5.37. The summed E-state index contributed by atoms with van der Waals surface area (Å²) in [6, 6.07) is 0. The Morgan fingerprint density at radius 1 is 2.00 bits per heavy atom. The first kappa shape index (κ1) is 8.07. The van der Waals surface area contributed by atoms with Crippen LogP contribution in [-0.2, 0) is 4.74 Å². The van der Waals surface area contributed by atoms with Crippen molar-refractivity contribution in [2.24, 2.45) is 5.10 Å². The fourth-order valence-electron chi connectivity index (χ4n) is 0.872. The molecule has 1 rings (SSSR count). The summed E-state index contributed by atoms with van der Waals surface area (Å²) >= 11 is 0. The van der Waals surface area contributed by atoms with E-state index in [9.17, 15) is 0 Å². The zero-order chi connectivity index (χ0) is 8.10. The lowest BCUT2D eigenvalue weighted by Gasteiger charge is -2.18. The highest BCUT2D eigenvalue weighted by atomic mass is 16.5. The first-order valence-electron chi connectivity index (χ1n) is 3.55. The van der Waals surface area contributed by atoms with E-state index in [4.69, 9.17) is 4.74 Å². The lowest BCUT2D eigenvalue weighted by Crippen LogP contribution is -2.28. The zero-order valence-electron chi connectivity index (χ0n) is 6.66. The molecule has 0 amide bonds. The molecule has 4 nitrogen and oxygen atoms in total. The topological polar surface area (TPSA) is 36.9 Å². The normalized spacial score (nSPS) is 22.3. The Morgan fingerprint density at radius 2 is 2.82 bits per heavy atom. The van der Waals surface area contributed by atoms with Crippen LogP contribution in [0.3, 0.4) is 0 Å². The molecule has 0 saturated heterocycles. The molecule has 1 N–H and O–H groups in total. The molecule has 0 radical (unpaired) electrons. The summed E-state index contributed by atoms with van der Waals surface area (Å²) in [4.78, 5) is 0. The molecular weight excluding hydrogens is 142 g/mol. The van der Waals surface area contributed by atoms with Gasteiger partial charge in [0.15, 0.2) is 6.23 Å². The molecule has 0 aromatic carbocycles. The Kier molecular flexibility index (Phi) is 2.92. The van der Waals surface area contributed by atoms with Gasteiger partial charge >= 0.3 is 0 Å². The first-order valence-corrected chi connectivity index (χ1v) is 3.55. The van der Waals surface area contributed by atoms with Crippen LogP contribution in [0.1, 0.15) is 6.42 Å². The fraction of sp³-hybridized carbons (Fsp3) is 0.571. The Bertz CT molecular complexity index is 158. The monoisotopic (exact) mass is 155 g/mol. The van der Waals surface area contributed by atoms with Crippen molar-refractivity contribution < 1.29 is 4.74 Å². The molecule has 11 heavy (non-hydrogen) atoms. The van der Waals surface area contributed by atoms with Crippen molar-refractivity contribution in [1.82, 2.24) is 10.3 Å². The minimum atomic E-state index is 0.0856. The fourth-order valence-corrected chi connectivity index (χ4v) is 0.872. The molecule has 0 spiro atoms. The molecule has 0 bridgehead atoms. The van der Waals surface area contributed by atoms with Crippen molar-refractivity contribution in [3.63, 3.8) is 0 Å². The Hall–Kier alpha value is -1.03. The molecule has 0 saturated carbocycles. The van der Waals surface area contributed by atoms with E-state index in [2.05, 4.69) is 17.0 Å². The van der Waals surface area contributed by atoms with E-state index >= 15 is 0 Å². The average molecular weight is 155 g/mol. The first-order chi connectivity index (χ1) is 5.34. The van der Waals surface area contributed by atoms with Crippen molar-refractivity contribution >= 4 is 6.21 Å². The molecule has 1 heterocycles. The zero-order valence-corrected chi connectivity index (χ0v) is 6.66. The second-order valence-electron chi connectivity index (χ2n) is 2.28. The van der Waals surface area contributed by atoms with E-state index in [0.717, 1.165) is 6.42 Å². The van der Waals surface area contributed by atoms with Gasteiger partial charge in [0.05, 0.1) is 0 Å². The summed E-state index contributed by atoms with van der Waals surface area (Å²) in [6.45, 7) is 4.00. The van der Waals surface area contributed by atoms with Gasteiger partial charge in [-0.15, -0.1) is 0 Å². The van der Waals surface area contributed by atoms with Crippen LogP contribution in [0.15, 0.2) is 17.9 Å². The highest BCUT2D eigenvalue weighted by Gasteiger charge is 2.16. The highest BCUT2D eigenvalue weighted by molar-refractivity contribution is 5.59. The van der Waals surface area contributed by atoms with Crippen molar-refractivity contribution in [3.05, 3.63) is 12.8 Å². The predicted molar refractivity (Wildman–Crippen MR) is 43.9 cm³/mol. The molecule has 1 atom stereocenters. The second-order valence-corrected chi connectivity index (χ2v) is 2.28. The molecule has 0 aromatic rings. The maximum Gasteiger partial charge on any atom is 0.152 e. The SMILES string of the molecule is C=CNCOC1CC=NN1C. The van der Waals surface area contributed by atoms with Crippen LogP contribution < -0.4 is 5.32 Å². The Balaban J connectivity index is 2.12. The summed E-state index contributed by atoms with van der Waals surface area (Å²) in [5.41, 5.74) is 0. The number of hydrogen-bond acceptors (Lipinski definition) is 4. The number of rotatable bonds is 4. The molecule has 4 heteroatoms. The number of nitrogens with zero attached hydrogens (tertiary/aromatic N) is 2. The van der Waals surface area contributed by atoms with E-state index in [-0.39, 0.29) is 6.23 Å². The minimum Gasteiger partial charge on any atom is -0.369 e. The van der Waals surface area contributed by atoms with Gasteiger partial charge in [0, 0.05) is 19.7 Å². The molecule has 1 aliphatic rings. The van der Waals surface area contributed by atoms with Crippen LogP contribution in [0, 0.1) is 0 Å². The average Bonchev–Trinajstić information content (AvgIpc) is 2.37. The van der Waals surface area contributed by atoms with Crippen molar-refractivity contribution in [3.8, 4) is 0 Å². The Labute approximate surface area is 66.5 Å². The van der Waals surface area contributed by atoms with Crippen LogP contribution in [0.2, 0.25) is 0 Å². The highest BCUT2D eigenvalue weighted by Crippen LogP contribution is 2.07. The van der Waals surface area contributed by atoms with Crippen LogP contribution in [0.25, 0.3) is 0 Å². The summed E-state index contributed by atoms with van der Waals surface area (Å²) in [5.74, 6) is 0. The number of hydrogen-bond donors (Lipinski definition) is 1. The standard InChI is InChI=1S/C7H13N3O/c1-3-8-6-11-7-4-5-9-10(7)2/h3,5,7-8H,1,4,6H2,2H3. The lowest BCUT2D eigenvalue weighted by atomic mass is 10.4. The third kappa shape index (κ3) is 2.23. The van der Waals surface area contributed by atoms with Crippen LogP contribution in [-0.4, -0.2) is 31.2 Å². The van der Waals surface area contributed by atoms with Crippen LogP contribution in [0.5, 0.6) is 0 Å². The lowest BCUT2D eigenvalue weighted by molar-refractivity contribution is -0.0355. The molecule has 0 aliphatic carbocycles. The summed E-state index contributed by atoms with van der Waals surface area (Å²) in [6.07, 6.45) is 4.39. The van der Waals surface area contributed by atoms with Gasteiger partial charge < -0.3 is 10.1 Å². The van der Waals surface area contributed by atoms with E-state index in [1.807, 2.05) is 13.3 Å². The smallest absolute Gasteiger partial charge is 0.152 e. The minimum absolute atomic E-state index is 0.0856. The number of ether oxygens (including phenoxy) is 1. The van der Waals surface area contributed by atoms with E-state index in [1.165, 1.54) is 0 Å². The van der Waals surface area contributed by atoms with E-state index in [1.54, 1.807) is 11.2 Å². The summed E-state index contributed by atoms with van der Waals surface area (Å²) in [7, 11) is 1.89. The van der Waals surface area contributed by atoms with Gasteiger partial charge in [0.25, 0.3) is 0 Å². The molecule has 62 valence electrons. The largest absolute Gasteiger partial charge is 0.369 e. The van der Waals surface area contributed by atoms with Gasteiger partial charge in [-0.3, -0.25) is 5.01 Å². The molecule has 1 aliphatic heterocycles. The maximum atomic E-state index is 5.37. The molecule has 1 unspecified atom stereocenters. The van der Waals surface area contributed by atoms with Gasteiger partial charge in [0.2, 0.25) is 0 Å². The van der Waals surface area contributed by atoms with Crippen molar-refractivity contribution in [1.29, 1.82) is 0 Å².